The number of amides is 1. The van der Waals surface area contributed by atoms with Gasteiger partial charge < -0.3 is 15.1 Å². The molecule has 0 spiro atoms. The highest BCUT2D eigenvalue weighted by Gasteiger charge is 2.25. The maximum Gasteiger partial charge on any atom is 0.255 e. The summed E-state index contributed by atoms with van der Waals surface area (Å²) in [4.78, 5) is 21.0. The molecule has 1 N–H and O–H groups in total. The Hall–Kier alpha value is -1.62. The van der Waals surface area contributed by atoms with Crippen molar-refractivity contribution >= 4 is 11.7 Å². The zero-order valence-electron chi connectivity index (χ0n) is 13.3. The summed E-state index contributed by atoms with van der Waals surface area (Å²) in [5, 5.41) is 3.22. The summed E-state index contributed by atoms with van der Waals surface area (Å²) in [6, 6.07) is 4.21. The molecule has 1 aliphatic heterocycles. The van der Waals surface area contributed by atoms with Crippen LogP contribution in [-0.4, -0.2) is 60.5 Å². The number of anilines is 1. The third-order valence-corrected chi connectivity index (χ3v) is 3.98. The van der Waals surface area contributed by atoms with Gasteiger partial charge in [-0.25, -0.2) is 4.98 Å². The number of piperidine rings is 1. The second-order valence-electron chi connectivity index (χ2n) is 5.87. The van der Waals surface area contributed by atoms with Crippen LogP contribution in [0.25, 0.3) is 0 Å². The van der Waals surface area contributed by atoms with Crippen molar-refractivity contribution < 1.29 is 4.79 Å². The van der Waals surface area contributed by atoms with Crippen LogP contribution in [0.1, 0.15) is 36.5 Å². The zero-order valence-corrected chi connectivity index (χ0v) is 13.3. The Morgan fingerprint density at radius 1 is 1.48 bits per heavy atom. The highest BCUT2D eigenvalue weighted by Crippen LogP contribution is 2.16. The van der Waals surface area contributed by atoms with Crippen molar-refractivity contribution in [3.63, 3.8) is 0 Å². The Balaban J connectivity index is 1.99. The summed E-state index contributed by atoms with van der Waals surface area (Å²) < 4.78 is 0. The Bertz CT molecular complexity index is 458. The highest BCUT2D eigenvalue weighted by molar-refractivity contribution is 5.94. The molecule has 5 nitrogen and oxygen atoms in total. The Kier molecular flexibility index (Phi) is 5.56. The highest BCUT2D eigenvalue weighted by atomic mass is 16.2. The normalized spacial score (nSPS) is 18.9. The van der Waals surface area contributed by atoms with E-state index in [-0.39, 0.29) is 5.91 Å². The van der Waals surface area contributed by atoms with E-state index in [0.29, 0.717) is 11.6 Å². The van der Waals surface area contributed by atoms with Crippen molar-refractivity contribution in [2.75, 3.05) is 39.0 Å². The number of pyridine rings is 1. The van der Waals surface area contributed by atoms with E-state index in [1.807, 2.05) is 17.0 Å². The second kappa shape index (κ2) is 7.41. The van der Waals surface area contributed by atoms with E-state index in [4.69, 9.17) is 0 Å². The Morgan fingerprint density at radius 3 is 2.90 bits per heavy atom. The molecule has 21 heavy (non-hydrogen) atoms. The summed E-state index contributed by atoms with van der Waals surface area (Å²) in [6.07, 6.45) is 4.97. The molecule has 1 aromatic heterocycles. The molecule has 1 aliphatic rings. The predicted octanol–water partition coefficient (Wildman–Crippen LogP) is 2.07. The van der Waals surface area contributed by atoms with E-state index in [2.05, 4.69) is 36.2 Å². The van der Waals surface area contributed by atoms with Crippen molar-refractivity contribution in [3.05, 3.63) is 23.9 Å². The first-order valence-corrected chi connectivity index (χ1v) is 7.77. The fourth-order valence-corrected chi connectivity index (χ4v) is 2.62. The second-order valence-corrected chi connectivity index (χ2v) is 5.87. The molecule has 0 radical (unpaired) electrons. The molecule has 2 rings (SSSR count). The molecular weight excluding hydrogens is 264 g/mol. The minimum absolute atomic E-state index is 0.0936. The summed E-state index contributed by atoms with van der Waals surface area (Å²) in [6.45, 7) is 4.67. The molecular formula is C16H26N4O. The monoisotopic (exact) mass is 290 g/mol. The van der Waals surface area contributed by atoms with Gasteiger partial charge in [-0.15, -0.1) is 0 Å². The van der Waals surface area contributed by atoms with Crippen molar-refractivity contribution in [3.8, 4) is 0 Å². The third-order valence-electron chi connectivity index (χ3n) is 3.98. The fourth-order valence-electron chi connectivity index (χ4n) is 2.62. The van der Waals surface area contributed by atoms with Crippen LogP contribution in [0, 0.1) is 0 Å². The first-order chi connectivity index (χ1) is 10.1. The topological polar surface area (TPSA) is 48.5 Å². The van der Waals surface area contributed by atoms with Gasteiger partial charge in [0, 0.05) is 31.9 Å². The maximum atomic E-state index is 12.5. The molecule has 0 bridgehead atoms. The van der Waals surface area contributed by atoms with Crippen LogP contribution in [-0.2, 0) is 0 Å². The number of carbonyl (C=O) groups excluding carboxylic acids is 1. The van der Waals surface area contributed by atoms with Crippen LogP contribution in [0.4, 0.5) is 5.82 Å². The first-order valence-electron chi connectivity index (χ1n) is 7.77. The van der Waals surface area contributed by atoms with Crippen LogP contribution >= 0.6 is 0 Å². The number of nitrogens with zero attached hydrogens (tertiary/aromatic N) is 3. The molecule has 0 aromatic carbocycles. The average Bonchev–Trinajstić information content (AvgIpc) is 2.53. The van der Waals surface area contributed by atoms with Gasteiger partial charge in [0.1, 0.15) is 5.82 Å². The molecule has 1 fully saturated rings. The number of carbonyl (C=O) groups is 1. The van der Waals surface area contributed by atoms with Gasteiger partial charge in [-0.2, -0.15) is 0 Å². The number of rotatable bonds is 5. The van der Waals surface area contributed by atoms with E-state index >= 15 is 0 Å². The van der Waals surface area contributed by atoms with Crippen molar-refractivity contribution in [1.82, 2.24) is 14.8 Å². The van der Waals surface area contributed by atoms with Gasteiger partial charge >= 0.3 is 0 Å². The summed E-state index contributed by atoms with van der Waals surface area (Å²) in [5.74, 6) is 0.925. The van der Waals surface area contributed by atoms with Gasteiger partial charge in [0.05, 0.1) is 5.56 Å². The smallest absolute Gasteiger partial charge is 0.255 e. The number of likely N-dealkylation sites (tertiary alicyclic amines) is 1. The lowest BCUT2D eigenvalue weighted by molar-refractivity contribution is 0.0635. The van der Waals surface area contributed by atoms with E-state index in [1.165, 1.54) is 0 Å². The van der Waals surface area contributed by atoms with E-state index in [1.54, 1.807) is 6.20 Å². The largest absolute Gasteiger partial charge is 0.370 e. The van der Waals surface area contributed by atoms with Gasteiger partial charge in [-0.3, -0.25) is 4.79 Å². The van der Waals surface area contributed by atoms with Crippen LogP contribution in [0.15, 0.2) is 18.3 Å². The van der Waals surface area contributed by atoms with E-state index < -0.39 is 0 Å². The molecule has 1 aromatic rings. The first kappa shape index (κ1) is 15.8. The molecule has 1 amide bonds. The summed E-state index contributed by atoms with van der Waals surface area (Å²) >= 11 is 0. The number of hydrogen-bond donors (Lipinski definition) is 1. The van der Waals surface area contributed by atoms with Crippen molar-refractivity contribution in [2.24, 2.45) is 0 Å². The van der Waals surface area contributed by atoms with Crippen LogP contribution in [0.5, 0.6) is 0 Å². The number of aromatic nitrogens is 1. The average molecular weight is 290 g/mol. The quantitative estimate of drug-likeness (QED) is 0.902. The lowest BCUT2D eigenvalue weighted by Crippen LogP contribution is -2.47. The lowest BCUT2D eigenvalue weighted by atomic mass is 10.0. The maximum absolute atomic E-state index is 12.5. The number of hydrogen-bond acceptors (Lipinski definition) is 4. The van der Waals surface area contributed by atoms with Gasteiger partial charge in [0.15, 0.2) is 0 Å². The molecule has 0 aliphatic carbocycles. The van der Waals surface area contributed by atoms with Crippen molar-refractivity contribution in [2.45, 2.75) is 32.2 Å². The summed E-state index contributed by atoms with van der Waals surface area (Å²) in [7, 11) is 4.16. The van der Waals surface area contributed by atoms with Gasteiger partial charge in [0.25, 0.3) is 5.91 Å². The van der Waals surface area contributed by atoms with Gasteiger partial charge in [-0.05, 0) is 45.5 Å². The van der Waals surface area contributed by atoms with E-state index in [9.17, 15) is 4.79 Å². The number of likely N-dealkylation sites (N-methyl/N-ethyl adjacent to an activating group) is 1. The van der Waals surface area contributed by atoms with Crippen molar-refractivity contribution in [1.29, 1.82) is 0 Å². The molecule has 2 heterocycles. The Labute approximate surface area is 127 Å². The molecule has 1 saturated heterocycles. The fraction of sp³-hybridized carbons (Fsp3) is 0.625. The van der Waals surface area contributed by atoms with E-state index in [0.717, 1.165) is 44.7 Å². The van der Waals surface area contributed by atoms with Crippen LogP contribution in [0.3, 0.4) is 0 Å². The lowest BCUT2D eigenvalue weighted by Gasteiger charge is -2.36. The minimum atomic E-state index is 0.0936. The standard InChI is InChI=1S/C16H26N4O/c1-4-9-17-15-8-7-13(11-18-15)16(21)20-10-5-6-14(12-20)19(2)3/h7-8,11,14H,4-6,9-10,12H2,1-3H3,(H,17,18). The SMILES string of the molecule is CCCNc1ccc(C(=O)N2CCCC(N(C)C)C2)cn1. The molecule has 116 valence electrons. The third kappa shape index (κ3) is 4.17. The minimum Gasteiger partial charge on any atom is -0.370 e. The molecule has 1 atom stereocenters. The van der Waals surface area contributed by atoms with Gasteiger partial charge in [0.2, 0.25) is 0 Å². The Morgan fingerprint density at radius 2 is 2.29 bits per heavy atom. The molecule has 5 heteroatoms. The molecule has 1 unspecified atom stereocenters. The predicted molar refractivity (Wildman–Crippen MR) is 85.6 cm³/mol. The van der Waals surface area contributed by atoms with Crippen LogP contribution in [0.2, 0.25) is 0 Å². The van der Waals surface area contributed by atoms with Crippen LogP contribution < -0.4 is 5.32 Å². The molecule has 0 saturated carbocycles. The zero-order chi connectivity index (χ0) is 15.2. The van der Waals surface area contributed by atoms with Gasteiger partial charge in [-0.1, -0.05) is 6.92 Å². The summed E-state index contributed by atoms with van der Waals surface area (Å²) in [5.41, 5.74) is 0.677. The number of nitrogens with one attached hydrogen (secondary N) is 1.